The summed E-state index contributed by atoms with van der Waals surface area (Å²) in [4.78, 5) is 0. The van der Waals surface area contributed by atoms with Gasteiger partial charge in [0, 0.05) is 17.8 Å². The van der Waals surface area contributed by atoms with E-state index in [2.05, 4.69) is 5.32 Å². The molecule has 2 aromatic carbocycles. The number of nitrogens with zero attached hydrogens (tertiary/aromatic N) is 1. The second-order valence-corrected chi connectivity index (χ2v) is 4.20. The molecule has 20 heavy (non-hydrogen) atoms. The predicted molar refractivity (Wildman–Crippen MR) is 76.1 cm³/mol. The lowest BCUT2D eigenvalue weighted by Crippen LogP contribution is -2.03. The third kappa shape index (κ3) is 3.27. The van der Waals surface area contributed by atoms with E-state index < -0.39 is 5.82 Å². The molecule has 102 valence electrons. The fourth-order valence-corrected chi connectivity index (χ4v) is 1.86. The Bertz CT molecular complexity index is 635. The lowest BCUT2D eigenvalue weighted by molar-refractivity contribution is 0.337. The number of ether oxygens (including phenoxy) is 1. The molecule has 1 N–H and O–H groups in total. The summed E-state index contributed by atoms with van der Waals surface area (Å²) in [5, 5.41) is 12.0. The topological polar surface area (TPSA) is 45.0 Å². The average Bonchev–Trinajstić information content (AvgIpc) is 2.48. The average molecular weight is 270 g/mol. The number of hydrogen-bond acceptors (Lipinski definition) is 3. The third-order valence-corrected chi connectivity index (χ3v) is 2.84. The SMILES string of the molecule is CCOc1ccccc1CNc1ccc(F)c(C#N)c1. The molecule has 0 aliphatic carbocycles. The summed E-state index contributed by atoms with van der Waals surface area (Å²) in [6, 6.07) is 13.9. The van der Waals surface area contributed by atoms with Gasteiger partial charge in [-0.2, -0.15) is 5.26 Å². The predicted octanol–water partition coefficient (Wildman–Crippen LogP) is 3.71. The highest BCUT2D eigenvalue weighted by Gasteiger charge is 2.05. The van der Waals surface area contributed by atoms with Crippen molar-refractivity contribution in [3.63, 3.8) is 0 Å². The van der Waals surface area contributed by atoms with E-state index in [4.69, 9.17) is 10.00 Å². The summed E-state index contributed by atoms with van der Waals surface area (Å²) < 4.78 is 18.8. The molecule has 0 aliphatic rings. The number of benzene rings is 2. The number of anilines is 1. The van der Waals surface area contributed by atoms with Gasteiger partial charge in [0.2, 0.25) is 0 Å². The van der Waals surface area contributed by atoms with E-state index in [1.54, 1.807) is 6.07 Å². The molecule has 4 heteroatoms. The number of nitrogens with one attached hydrogen (secondary N) is 1. The Labute approximate surface area is 117 Å². The molecule has 0 spiro atoms. The van der Waals surface area contributed by atoms with Crippen molar-refractivity contribution in [1.82, 2.24) is 0 Å². The molecule has 0 fully saturated rings. The molecule has 2 aromatic rings. The Kier molecular flexibility index (Phi) is 4.56. The third-order valence-electron chi connectivity index (χ3n) is 2.84. The quantitative estimate of drug-likeness (QED) is 0.900. The van der Waals surface area contributed by atoms with Crippen molar-refractivity contribution in [2.24, 2.45) is 0 Å². The standard InChI is InChI=1S/C16H15FN2O/c1-2-20-16-6-4-3-5-12(16)11-19-14-7-8-15(17)13(9-14)10-18/h3-9,19H,2,11H2,1H3. The van der Waals surface area contributed by atoms with Crippen LogP contribution in [0.25, 0.3) is 0 Å². The van der Waals surface area contributed by atoms with Crippen LogP contribution in [0.2, 0.25) is 0 Å². The van der Waals surface area contributed by atoms with Gasteiger partial charge in [-0.05, 0) is 31.2 Å². The zero-order valence-corrected chi connectivity index (χ0v) is 11.2. The van der Waals surface area contributed by atoms with Crippen LogP contribution in [0, 0.1) is 17.1 Å². The van der Waals surface area contributed by atoms with E-state index in [-0.39, 0.29) is 5.56 Å². The number of halogens is 1. The summed E-state index contributed by atoms with van der Waals surface area (Å²) >= 11 is 0. The molecule has 0 aromatic heterocycles. The second-order valence-electron chi connectivity index (χ2n) is 4.20. The first-order valence-corrected chi connectivity index (χ1v) is 6.38. The van der Waals surface area contributed by atoms with E-state index in [0.717, 1.165) is 11.3 Å². The van der Waals surface area contributed by atoms with Crippen LogP contribution < -0.4 is 10.1 Å². The smallest absolute Gasteiger partial charge is 0.141 e. The zero-order valence-electron chi connectivity index (χ0n) is 11.2. The van der Waals surface area contributed by atoms with Gasteiger partial charge >= 0.3 is 0 Å². The van der Waals surface area contributed by atoms with Crippen molar-refractivity contribution < 1.29 is 9.13 Å². The minimum absolute atomic E-state index is 0.0353. The Morgan fingerprint density at radius 3 is 2.80 bits per heavy atom. The van der Waals surface area contributed by atoms with Gasteiger partial charge in [0.05, 0.1) is 12.2 Å². The summed E-state index contributed by atoms with van der Waals surface area (Å²) in [5.41, 5.74) is 1.75. The van der Waals surface area contributed by atoms with Crippen LogP contribution in [-0.4, -0.2) is 6.61 Å². The van der Waals surface area contributed by atoms with E-state index in [0.29, 0.717) is 18.8 Å². The van der Waals surface area contributed by atoms with Crippen molar-refractivity contribution in [2.45, 2.75) is 13.5 Å². The Morgan fingerprint density at radius 1 is 1.25 bits per heavy atom. The van der Waals surface area contributed by atoms with E-state index in [1.165, 1.54) is 12.1 Å². The van der Waals surface area contributed by atoms with E-state index in [1.807, 2.05) is 37.3 Å². The molecule has 3 nitrogen and oxygen atoms in total. The lowest BCUT2D eigenvalue weighted by atomic mass is 10.1. The van der Waals surface area contributed by atoms with Gasteiger partial charge in [0.25, 0.3) is 0 Å². The minimum atomic E-state index is -0.507. The van der Waals surface area contributed by atoms with Gasteiger partial charge < -0.3 is 10.1 Å². The van der Waals surface area contributed by atoms with Crippen molar-refractivity contribution in [3.8, 4) is 11.8 Å². The van der Waals surface area contributed by atoms with Gasteiger partial charge in [-0.15, -0.1) is 0 Å². The van der Waals surface area contributed by atoms with Crippen molar-refractivity contribution >= 4 is 5.69 Å². The van der Waals surface area contributed by atoms with Gasteiger partial charge in [0.15, 0.2) is 0 Å². The molecule has 0 aliphatic heterocycles. The highest BCUT2D eigenvalue weighted by atomic mass is 19.1. The first-order chi connectivity index (χ1) is 9.74. The maximum Gasteiger partial charge on any atom is 0.141 e. The fourth-order valence-electron chi connectivity index (χ4n) is 1.86. The normalized spacial score (nSPS) is 9.85. The first-order valence-electron chi connectivity index (χ1n) is 6.38. The highest BCUT2D eigenvalue weighted by molar-refractivity contribution is 5.50. The molecule has 0 radical (unpaired) electrons. The van der Waals surface area contributed by atoms with Crippen molar-refractivity contribution in [1.29, 1.82) is 5.26 Å². The fraction of sp³-hybridized carbons (Fsp3) is 0.188. The summed E-state index contributed by atoms with van der Waals surface area (Å²) in [7, 11) is 0. The van der Waals surface area contributed by atoms with Crippen LogP contribution in [0.5, 0.6) is 5.75 Å². The molecule has 0 unspecified atom stereocenters. The zero-order chi connectivity index (χ0) is 14.4. The lowest BCUT2D eigenvalue weighted by Gasteiger charge is -2.12. The molecule has 0 heterocycles. The summed E-state index contributed by atoms with van der Waals surface area (Å²) in [6.45, 7) is 3.09. The monoisotopic (exact) mass is 270 g/mol. The molecular weight excluding hydrogens is 255 g/mol. The number of nitriles is 1. The van der Waals surface area contributed by atoms with Crippen molar-refractivity contribution in [3.05, 3.63) is 59.4 Å². The van der Waals surface area contributed by atoms with Crippen LogP contribution in [0.1, 0.15) is 18.1 Å². The largest absolute Gasteiger partial charge is 0.494 e. The van der Waals surface area contributed by atoms with E-state index >= 15 is 0 Å². The maximum absolute atomic E-state index is 13.2. The number of hydrogen-bond donors (Lipinski definition) is 1. The van der Waals surface area contributed by atoms with Gasteiger partial charge in [0.1, 0.15) is 17.6 Å². The summed E-state index contributed by atoms with van der Waals surface area (Å²) in [6.07, 6.45) is 0. The first kappa shape index (κ1) is 13.9. The van der Waals surface area contributed by atoms with Crippen LogP contribution >= 0.6 is 0 Å². The molecule has 0 saturated heterocycles. The van der Waals surface area contributed by atoms with Gasteiger partial charge in [-0.1, -0.05) is 18.2 Å². The summed E-state index contributed by atoms with van der Waals surface area (Å²) in [5.74, 6) is 0.317. The molecule has 0 amide bonds. The highest BCUT2D eigenvalue weighted by Crippen LogP contribution is 2.20. The molecule has 2 rings (SSSR count). The number of rotatable bonds is 5. The number of para-hydroxylation sites is 1. The van der Waals surface area contributed by atoms with Crippen LogP contribution in [-0.2, 0) is 6.54 Å². The minimum Gasteiger partial charge on any atom is -0.494 e. The van der Waals surface area contributed by atoms with Gasteiger partial charge in [-0.3, -0.25) is 0 Å². The molecule has 0 atom stereocenters. The molecule has 0 saturated carbocycles. The Hall–Kier alpha value is -2.54. The Morgan fingerprint density at radius 2 is 2.05 bits per heavy atom. The van der Waals surface area contributed by atoms with Crippen LogP contribution in [0.4, 0.5) is 10.1 Å². The Balaban J connectivity index is 2.11. The maximum atomic E-state index is 13.2. The van der Waals surface area contributed by atoms with Crippen LogP contribution in [0.3, 0.4) is 0 Å². The van der Waals surface area contributed by atoms with Gasteiger partial charge in [-0.25, -0.2) is 4.39 Å². The van der Waals surface area contributed by atoms with Crippen LogP contribution in [0.15, 0.2) is 42.5 Å². The second kappa shape index (κ2) is 6.58. The molecule has 0 bridgehead atoms. The van der Waals surface area contributed by atoms with Crippen molar-refractivity contribution in [2.75, 3.05) is 11.9 Å². The van der Waals surface area contributed by atoms with E-state index in [9.17, 15) is 4.39 Å². The molecular formula is C16H15FN2O.